The molecule has 1 N–H and O–H groups in total. The summed E-state index contributed by atoms with van der Waals surface area (Å²) in [6, 6.07) is 0. The van der Waals surface area contributed by atoms with Gasteiger partial charge in [-0.1, -0.05) is 17.7 Å². The van der Waals surface area contributed by atoms with Crippen molar-refractivity contribution in [3.05, 3.63) is 23.9 Å². The Morgan fingerprint density at radius 2 is 2.38 bits per heavy atom. The largest absolute Gasteiger partial charge is 0.387 e. The zero-order valence-electron chi connectivity index (χ0n) is 5.15. The SMILES string of the molecule is CC1=CNCC=CC1. The van der Waals surface area contributed by atoms with Gasteiger partial charge in [0.15, 0.2) is 0 Å². The van der Waals surface area contributed by atoms with Gasteiger partial charge < -0.3 is 5.32 Å². The van der Waals surface area contributed by atoms with Gasteiger partial charge in [0, 0.05) is 6.54 Å². The maximum Gasteiger partial charge on any atom is 0.0325 e. The standard InChI is InChI=1S/C7H11N/c1-7-4-2-3-5-8-6-7/h2-3,6,8H,4-5H2,1H3. The number of hydrogen-bond acceptors (Lipinski definition) is 1. The molecule has 1 aliphatic rings. The van der Waals surface area contributed by atoms with Crippen molar-refractivity contribution in [3.8, 4) is 0 Å². The molecule has 0 aliphatic carbocycles. The van der Waals surface area contributed by atoms with Gasteiger partial charge in [0.05, 0.1) is 0 Å². The third-order valence-electron chi connectivity index (χ3n) is 1.19. The Kier molecular flexibility index (Phi) is 1.73. The van der Waals surface area contributed by atoms with Crippen LogP contribution in [0.25, 0.3) is 0 Å². The molecule has 0 unspecified atom stereocenters. The molecular weight excluding hydrogens is 98.1 g/mol. The summed E-state index contributed by atoms with van der Waals surface area (Å²) < 4.78 is 0. The summed E-state index contributed by atoms with van der Waals surface area (Å²) in [6.45, 7) is 3.11. The molecule has 1 heteroatoms. The van der Waals surface area contributed by atoms with E-state index in [4.69, 9.17) is 0 Å². The molecule has 1 aliphatic heterocycles. The zero-order valence-corrected chi connectivity index (χ0v) is 5.15. The lowest BCUT2D eigenvalue weighted by Gasteiger charge is -1.91. The Morgan fingerprint density at radius 1 is 1.50 bits per heavy atom. The lowest BCUT2D eigenvalue weighted by atomic mass is 10.2. The summed E-state index contributed by atoms with van der Waals surface area (Å²) >= 11 is 0. The van der Waals surface area contributed by atoms with Crippen LogP contribution in [0.4, 0.5) is 0 Å². The Hall–Kier alpha value is -0.720. The summed E-state index contributed by atoms with van der Waals surface area (Å²) in [5.41, 5.74) is 1.40. The average molecular weight is 109 g/mol. The summed E-state index contributed by atoms with van der Waals surface area (Å²) in [5.74, 6) is 0. The Morgan fingerprint density at radius 3 is 3.25 bits per heavy atom. The van der Waals surface area contributed by atoms with Gasteiger partial charge in [-0.05, 0) is 19.5 Å². The molecular formula is C7H11N. The first-order chi connectivity index (χ1) is 3.89. The highest BCUT2D eigenvalue weighted by molar-refractivity contribution is 5.07. The van der Waals surface area contributed by atoms with E-state index in [1.807, 2.05) is 0 Å². The Labute approximate surface area is 50.1 Å². The molecule has 0 spiro atoms. The van der Waals surface area contributed by atoms with E-state index in [2.05, 4.69) is 30.6 Å². The Balaban J connectivity index is 2.51. The van der Waals surface area contributed by atoms with Crippen LogP contribution in [0.1, 0.15) is 13.3 Å². The van der Waals surface area contributed by atoms with E-state index in [1.165, 1.54) is 5.57 Å². The van der Waals surface area contributed by atoms with Gasteiger partial charge in [0.1, 0.15) is 0 Å². The van der Waals surface area contributed by atoms with Crippen LogP contribution in [0.5, 0.6) is 0 Å². The van der Waals surface area contributed by atoms with Crippen LogP contribution in [0, 0.1) is 0 Å². The van der Waals surface area contributed by atoms with Crippen LogP contribution < -0.4 is 5.32 Å². The molecule has 0 saturated carbocycles. The molecule has 1 rings (SSSR count). The van der Waals surface area contributed by atoms with E-state index in [0.717, 1.165) is 13.0 Å². The molecule has 0 saturated heterocycles. The number of nitrogens with one attached hydrogen (secondary N) is 1. The van der Waals surface area contributed by atoms with Crippen molar-refractivity contribution in [2.45, 2.75) is 13.3 Å². The molecule has 0 aromatic rings. The molecule has 0 atom stereocenters. The first-order valence-electron chi connectivity index (χ1n) is 2.93. The average Bonchev–Trinajstić information content (AvgIpc) is 1.94. The second-order valence-corrected chi connectivity index (χ2v) is 2.07. The van der Waals surface area contributed by atoms with E-state index in [0.29, 0.717) is 0 Å². The van der Waals surface area contributed by atoms with Crippen molar-refractivity contribution in [3.63, 3.8) is 0 Å². The van der Waals surface area contributed by atoms with Gasteiger partial charge in [-0.25, -0.2) is 0 Å². The molecule has 0 radical (unpaired) electrons. The monoisotopic (exact) mass is 109 g/mol. The van der Waals surface area contributed by atoms with Crippen LogP contribution in [0.2, 0.25) is 0 Å². The predicted molar refractivity (Wildman–Crippen MR) is 35.5 cm³/mol. The fourth-order valence-corrected chi connectivity index (χ4v) is 0.713. The molecule has 0 aromatic carbocycles. The maximum absolute atomic E-state index is 3.15. The van der Waals surface area contributed by atoms with Gasteiger partial charge in [-0.3, -0.25) is 0 Å². The highest BCUT2D eigenvalue weighted by atomic mass is 14.8. The Bertz CT molecular complexity index is 122. The minimum atomic E-state index is 0.983. The highest BCUT2D eigenvalue weighted by Gasteiger charge is 1.86. The second-order valence-electron chi connectivity index (χ2n) is 2.07. The number of rotatable bonds is 0. The second kappa shape index (κ2) is 2.55. The molecule has 0 amide bonds. The number of hydrogen-bond donors (Lipinski definition) is 1. The van der Waals surface area contributed by atoms with Crippen molar-refractivity contribution in [1.82, 2.24) is 5.32 Å². The van der Waals surface area contributed by atoms with Crippen LogP contribution in [0.3, 0.4) is 0 Å². The molecule has 0 aromatic heterocycles. The highest BCUT2D eigenvalue weighted by Crippen LogP contribution is 2.00. The normalized spacial score (nSPS) is 18.9. The van der Waals surface area contributed by atoms with Gasteiger partial charge >= 0.3 is 0 Å². The van der Waals surface area contributed by atoms with Crippen LogP contribution in [-0.2, 0) is 0 Å². The van der Waals surface area contributed by atoms with E-state index in [9.17, 15) is 0 Å². The summed E-state index contributed by atoms with van der Waals surface area (Å²) in [7, 11) is 0. The first-order valence-corrected chi connectivity index (χ1v) is 2.93. The van der Waals surface area contributed by atoms with Gasteiger partial charge in [0.2, 0.25) is 0 Å². The van der Waals surface area contributed by atoms with Crippen molar-refractivity contribution in [2.75, 3.05) is 6.54 Å². The molecule has 0 fully saturated rings. The molecule has 44 valence electrons. The summed E-state index contributed by atoms with van der Waals surface area (Å²) in [4.78, 5) is 0. The topological polar surface area (TPSA) is 12.0 Å². The van der Waals surface area contributed by atoms with Crippen molar-refractivity contribution in [1.29, 1.82) is 0 Å². The van der Waals surface area contributed by atoms with Gasteiger partial charge in [0.25, 0.3) is 0 Å². The minimum absolute atomic E-state index is 0.983. The third-order valence-corrected chi connectivity index (χ3v) is 1.19. The molecule has 8 heavy (non-hydrogen) atoms. The van der Waals surface area contributed by atoms with E-state index in [1.54, 1.807) is 0 Å². The predicted octanol–water partition coefficient (Wildman–Crippen LogP) is 1.44. The van der Waals surface area contributed by atoms with E-state index in [-0.39, 0.29) is 0 Å². The van der Waals surface area contributed by atoms with Gasteiger partial charge in [-0.2, -0.15) is 0 Å². The fraction of sp³-hybridized carbons (Fsp3) is 0.429. The first kappa shape index (κ1) is 5.42. The van der Waals surface area contributed by atoms with E-state index < -0.39 is 0 Å². The molecule has 0 bridgehead atoms. The summed E-state index contributed by atoms with van der Waals surface area (Å²) in [6.07, 6.45) is 7.51. The zero-order chi connectivity index (χ0) is 5.82. The van der Waals surface area contributed by atoms with Crippen LogP contribution in [0.15, 0.2) is 23.9 Å². The number of allylic oxidation sites excluding steroid dienone is 2. The van der Waals surface area contributed by atoms with Crippen molar-refractivity contribution in [2.24, 2.45) is 0 Å². The van der Waals surface area contributed by atoms with Crippen molar-refractivity contribution < 1.29 is 0 Å². The minimum Gasteiger partial charge on any atom is -0.387 e. The van der Waals surface area contributed by atoms with Gasteiger partial charge in [-0.15, -0.1) is 0 Å². The molecule has 1 nitrogen and oxygen atoms in total. The quantitative estimate of drug-likeness (QED) is 0.464. The lowest BCUT2D eigenvalue weighted by Crippen LogP contribution is -2.02. The summed E-state index contributed by atoms with van der Waals surface area (Å²) in [5, 5.41) is 3.15. The lowest BCUT2D eigenvalue weighted by molar-refractivity contribution is 0.979. The maximum atomic E-state index is 3.15. The third kappa shape index (κ3) is 1.41. The smallest absolute Gasteiger partial charge is 0.0325 e. The van der Waals surface area contributed by atoms with Crippen molar-refractivity contribution >= 4 is 0 Å². The van der Waals surface area contributed by atoms with E-state index >= 15 is 0 Å². The van der Waals surface area contributed by atoms with Crippen LogP contribution >= 0.6 is 0 Å². The van der Waals surface area contributed by atoms with Crippen LogP contribution in [-0.4, -0.2) is 6.54 Å². The molecule has 1 heterocycles. The fourth-order valence-electron chi connectivity index (χ4n) is 0.713.